The first-order chi connectivity index (χ1) is 19.7. The Bertz CT molecular complexity index is 1330. The third kappa shape index (κ3) is 5.68. The maximum atomic E-state index is 2.57. The monoisotopic (exact) mass is 558 g/mol. The molecule has 2 aliphatic carbocycles. The molecule has 2 aliphatic rings. The molecule has 1 saturated carbocycles. The van der Waals surface area contributed by atoms with Crippen molar-refractivity contribution in [3.8, 4) is 0 Å². The first kappa shape index (κ1) is 27.4. The summed E-state index contributed by atoms with van der Waals surface area (Å²) < 4.78 is 0. The number of hydrogen-bond acceptors (Lipinski definition) is 0. The van der Waals surface area contributed by atoms with Crippen molar-refractivity contribution in [2.24, 2.45) is 17.8 Å². The van der Waals surface area contributed by atoms with E-state index in [9.17, 15) is 0 Å². The molecule has 0 bridgehead atoms. The fraction of sp³-hybridized carbons (Fsp3) is 0.263. The topological polar surface area (TPSA) is 0 Å². The van der Waals surface area contributed by atoms with E-state index in [0.717, 1.165) is 5.92 Å². The summed E-state index contributed by atoms with van der Waals surface area (Å²) in [6, 6.07) is 45.2. The lowest BCUT2D eigenvalue weighted by atomic mass is 9.79. The van der Waals surface area contributed by atoms with E-state index in [0.29, 0.717) is 23.2 Å². The van der Waals surface area contributed by atoms with Crippen LogP contribution in [0, 0.1) is 17.8 Å². The van der Waals surface area contributed by atoms with E-state index >= 15 is 0 Å². The van der Waals surface area contributed by atoms with Gasteiger partial charge in [-0.15, -0.1) is 0 Å². The van der Waals surface area contributed by atoms with E-state index in [-0.39, 0.29) is 0 Å². The highest BCUT2D eigenvalue weighted by Gasteiger charge is 2.42. The van der Waals surface area contributed by atoms with Crippen LogP contribution < -0.4 is 21.2 Å². The Morgan fingerprint density at radius 1 is 0.575 bits per heavy atom. The maximum absolute atomic E-state index is 2.57. The van der Waals surface area contributed by atoms with Crippen LogP contribution in [0.15, 0.2) is 145 Å². The van der Waals surface area contributed by atoms with Gasteiger partial charge in [0.15, 0.2) is 0 Å². The minimum absolute atomic E-state index is 0.418. The molecule has 0 nitrogen and oxygen atoms in total. The molecule has 0 aliphatic heterocycles. The molecule has 4 aromatic carbocycles. The summed E-state index contributed by atoms with van der Waals surface area (Å²) in [6.07, 6.45) is 11.5. The zero-order valence-corrected chi connectivity index (χ0v) is 25.5. The van der Waals surface area contributed by atoms with Crippen molar-refractivity contribution < 1.29 is 0 Å². The molecule has 1 fully saturated rings. The van der Waals surface area contributed by atoms with E-state index in [2.05, 4.69) is 153 Å². The lowest BCUT2D eigenvalue weighted by Gasteiger charge is -2.38. The summed E-state index contributed by atoms with van der Waals surface area (Å²) in [5, 5.41) is 6.00. The Kier molecular flexibility index (Phi) is 8.77. The molecule has 0 amide bonds. The highest BCUT2D eigenvalue weighted by Crippen LogP contribution is 2.55. The molecule has 2 heteroatoms. The molecule has 0 N–H and O–H groups in total. The van der Waals surface area contributed by atoms with Gasteiger partial charge in [0.1, 0.15) is 0 Å². The first-order valence-electron chi connectivity index (χ1n) is 14.9. The van der Waals surface area contributed by atoms with Gasteiger partial charge in [-0.1, -0.05) is 165 Å². The van der Waals surface area contributed by atoms with Crippen molar-refractivity contribution in [2.45, 2.75) is 44.4 Å². The Balaban J connectivity index is 1.31. The normalized spacial score (nSPS) is 22.0. The van der Waals surface area contributed by atoms with Crippen LogP contribution >= 0.6 is 15.8 Å². The van der Waals surface area contributed by atoms with Gasteiger partial charge in [0, 0.05) is 11.6 Å². The molecule has 0 spiro atoms. The standard InChI is InChI=1S/C38H40P2/c1-29(39(31-17-7-3-8-18-31)32-19-9-4-10-20-32)35-25-15-27-37(35)38-28-16-26-36(38)30(2)40(33-21-11-5-12-22-33)34-23-13-6-14-24-34/h3-15,17-25,27,29-30,36-38H,16,26,28H2,1-2H3/t29-,30-,36?,37?,38?/m0/s1. The average Bonchev–Trinajstić information content (AvgIpc) is 3.70. The van der Waals surface area contributed by atoms with Crippen molar-refractivity contribution in [2.75, 3.05) is 0 Å². The van der Waals surface area contributed by atoms with Crippen LogP contribution in [-0.2, 0) is 0 Å². The molecular weight excluding hydrogens is 518 g/mol. The van der Waals surface area contributed by atoms with Gasteiger partial charge in [-0.2, -0.15) is 0 Å². The van der Waals surface area contributed by atoms with Crippen molar-refractivity contribution >= 4 is 37.1 Å². The van der Waals surface area contributed by atoms with Crippen molar-refractivity contribution in [1.82, 2.24) is 0 Å². The fourth-order valence-corrected chi connectivity index (χ4v) is 13.0. The zero-order chi connectivity index (χ0) is 27.3. The van der Waals surface area contributed by atoms with Crippen molar-refractivity contribution in [3.05, 3.63) is 145 Å². The molecule has 6 rings (SSSR count). The Labute approximate surface area is 243 Å². The summed E-state index contributed by atoms with van der Waals surface area (Å²) in [7, 11) is -0.901. The lowest BCUT2D eigenvalue weighted by Crippen LogP contribution is -2.32. The van der Waals surface area contributed by atoms with E-state index in [1.165, 1.54) is 40.5 Å². The van der Waals surface area contributed by atoms with Crippen LogP contribution in [0.4, 0.5) is 0 Å². The predicted molar refractivity (Wildman–Crippen MR) is 179 cm³/mol. The van der Waals surface area contributed by atoms with Gasteiger partial charge < -0.3 is 0 Å². The summed E-state index contributed by atoms with van der Waals surface area (Å²) in [6.45, 7) is 5.08. The predicted octanol–water partition coefficient (Wildman–Crippen LogP) is 8.56. The van der Waals surface area contributed by atoms with Gasteiger partial charge in [-0.05, 0) is 67.4 Å². The number of allylic oxidation sites excluding steroid dienone is 4. The first-order valence-corrected chi connectivity index (χ1v) is 17.7. The fourth-order valence-electron chi connectivity index (χ4n) is 7.29. The molecule has 4 aromatic rings. The van der Waals surface area contributed by atoms with Crippen molar-refractivity contribution in [3.63, 3.8) is 0 Å². The second-order valence-corrected chi connectivity index (χ2v) is 16.5. The summed E-state index contributed by atoms with van der Waals surface area (Å²) >= 11 is 0. The molecule has 3 unspecified atom stereocenters. The molecule has 0 radical (unpaired) electrons. The number of rotatable bonds is 9. The Morgan fingerprint density at radius 3 is 1.50 bits per heavy atom. The van der Waals surface area contributed by atoms with Crippen LogP contribution in [0.2, 0.25) is 0 Å². The summed E-state index contributed by atoms with van der Waals surface area (Å²) in [5.41, 5.74) is 2.80. The third-order valence-electron chi connectivity index (χ3n) is 9.11. The Hall–Kier alpha value is -2.78. The van der Waals surface area contributed by atoms with Gasteiger partial charge >= 0.3 is 0 Å². The second kappa shape index (κ2) is 12.8. The number of benzene rings is 4. The molecule has 40 heavy (non-hydrogen) atoms. The molecule has 202 valence electrons. The van der Waals surface area contributed by atoms with Crippen LogP contribution in [0.25, 0.3) is 0 Å². The molecule has 0 saturated heterocycles. The highest BCUT2D eigenvalue weighted by atomic mass is 31.1. The van der Waals surface area contributed by atoms with E-state index in [1.807, 2.05) is 0 Å². The summed E-state index contributed by atoms with van der Waals surface area (Å²) in [4.78, 5) is 0. The SMILES string of the molecule is C[C@@H](C1=CC=CC1C1CCCC1[C@H](C)P(c1ccccc1)c1ccccc1)P(c1ccccc1)c1ccccc1. The smallest absolute Gasteiger partial charge is 0.00616 e. The van der Waals surface area contributed by atoms with Gasteiger partial charge in [0.05, 0.1) is 0 Å². The summed E-state index contributed by atoms with van der Waals surface area (Å²) in [5.74, 6) is 1.99. The van der Waals surface area contributed by atoms with E-state index in [4.69, 9.17) is 0 Å². The third-order valence-corrected chi connectivity index (χ3v) is 14.8. The Morgan fingerprint density at radius 2 is 1.02 bits per heavy atom. The van der Waals surface area contributed by atoms with E-state index in [1.54, 1.807) is 5.57 Å². The molecule has 0 heterocycles. The largest absolute Gasteiger partial charge is 0.0770 e. The van der Waals surface area contributed by atoms with Gasteiger partial charge in [0.2, 0.25) is 0 Å². The number of hydrogen-bond donors (Lipinski definition) is 0. The average molecular weight is 559 g/mol. The van der Waals surface area contributed by atoms with Crippen LogP contribution in [0.1, 0.15) is 33.1 Å². The molecule has 0 aromatic heterocycles. The van der Waals surface area contributed by atoms with Gasteiger partial charge in [-0.3, -0.25) is 0 Å². The lowest BCUT2D eigenvalue weighted by molar-refractivity contribution is 0.328. The highest BCUT2D eigenvalue weighted by molar-refractivity contribution is 7.74. The van der Waals surface area contributed by atoms with Gasteiger partial charge in [0.25, 0.3) is 0 Å². The maximum Gasteiger partial charge on any atom is 0.00616 e. The zero-order valence-electron chi connectivity index (χ0n) is 23.7. The van der Waals surface area contributed by atoms with Crippen LogP contribution in [0.5, 0.6) is 0 Å². The quantitative estimate of drug-likeness (QED) is 0.181. The minimum Gasteiger partial charge on any atom is -0.0770 e. The van der Waals surface area contributed by atoms with E-state index < -0.39 is 15.8 Å². The molecular formula is C38H40P2. The van der Waals surface area contributed by atoms with Crippen LogP contribution in [-0.4, -0.2) is 11.3 Å². The minimum atomic E-state index is -0.483. The van der Waals surface area contributed by atoms with Crippen LogP contribution in [0.3, 0.4) is 0 Å². The van der Waals surface area contributed by atoms with Crippen molar-refractivity contribution in [1.29, 1.82) is 0 Å². The van der Waals surface area contributed by atoms with Gasteiger partial charge in [-0.25, -0.2) is 0 Å². The second-order valence-electron chi connectivity index (χ2n) is 11.3. The molecule has 5 atom stereocenters.